The maximum Gasteiger partial charge on any atom is 0.270 e. The molecule has 1 aliphatic carbocycles. The number of imidazole rings is 1. The van der Waals surface area contributed by atoms with Crippen LogP contribution in [-0.4, -0.2) is 49.7 Å². The highest BCUT2D eigenvalue weighted by molar-refractivity contribution is 5.92. The second-order valence-corrected chi connectivity index (χ2v) is 9.80. The van der Waals surface area contributed by atoms with E-state index in [9.17, 15) is 18.4 Å². The minimum absolute atomic E-state index is 0.214. The molecule has 2 fully saturated rings. The molecule has 9 nitrogen and oxygen atoms in total. The Morgan fingerprint density at radius 3 is 2.12 bits per heavy atom. The van der Waals surface area contributed by atoms with Gasteiger partial charge >= 0.3 is 0 Å². The lowest BCUT2D eigenvalue weighted by Crippen LogP contribution is -2.32. The number of halogens is 2. The number of nitrogens with zero attached hydrogens (tertiary/aromatic N) is 3. The molecule has 0 radical (unpaired) electrons. The summed E-state index contributed by atoms with van der Waals surface area (Å²) in [6, 6.07) is 1.22. The fourth-order valence-corrected chi connectivity index (χ4v) is 3.96. The first-order valence-electron chi connectivity index (χ1n) is 14.6. The molecule has 1 saturated heterocycles. The fourth-order valence-electron chi connectivity index (χ4n) is 3.96. The molecule has 3 heterocycles. The van der Waals surface area contributed by atoms with Crippen LogP contribution in [0.15, 0.2) is 18.5 Å². The van der Waals surface area contributed by atoms with Crippen LogP contribution >= 0.6 is 0 Å². The van der Waals surface area contributed by atoms with Gasteiger partial charge in [0.2, 0.25) is 5.91 Å². The number of aryl methyl sites for hydroxylation is 2. The minimum atomic E-state index is -2.70. The quantitative estimate of drug-likeness (QED) is 0.209. The summed E-state index contributed by atoms with van der Waals surface area (Å²) >= 11 is 0. The number of alkyl halides is 2. The number of piperidine rings is 1. The molecular weight excluding hydrogens is 540 g/mol. The molecule has 1 saturated carbocycles. The van der Waals surface area contributed by atoms with Crippen molar-refractivity contribution in [2.45, 2.75) is 112 Å². The molecule has 1 aliphatic heterocycles. The number of carbonyl (C=O) groups is 2. The number of terminal acetylenes is 1. The van der Waals surface area contributed by atoms with Gasteiger partial charge in [-0.05, 0) is 72.3 Å². The molecule has 2 aromatic heterocycles. The van der Waals surface area contributed by atoms with Crippen LogP contribution in [0, 0.1) is 30.6 Å². The van der Waals surface area contributed by atoms with E-state index >= 15 is 0 Å². The predicted octanol–water partition coefficient (Wildman–Crippen LogP) is 6.77. The highest BCUT2D eigenvalue weighted by Crippen LogP contribution is 2.60. The SMILES string of the molecule is C#C.CC.CC.CC(C)=N.Cc1ncc(C(CCC2(C(C)(F)F)CC2)NC(=O)c2ccnn2C)[nH]1.O=C1CCCCN1. The first-order valence-corrected chi connectivity index (χ1v) is 14.6. The van der Waals surface area contributed by atoms with Crippen molar-refractivity contribution in [2.75, 3.05) is 6.54 Å². The molecule has 2 aromatic rings. The van der Waals surface area contributed by atoms with Gasteiger partial charge < -0.3 is 21.0 Å². The molecule has 42 heavy (non-hydrogen) atoms. The summed E-state index contributed by atoms with van der Waals surface area (Å²) in [5.74, 6) is -2.05. The average Bonchev–Trinajstić information content (AvgIpc) is 3.46. The van der Waals surface area contributed by atoms with Gasteiger partial charge in [-0.1, -0.05) is 27.7 Å². The Hall–Kier alpha value is -3.55. The van der Waals surface area contributed by atoms with E-state index in [1.807, 2.05) is 34.6 Å². The van der Waals surface area contributed by atoms with Gasteiger partial charge in [0.1, 0.15) is 11.5 Å². The first kappa shape index (κ1) is 40.6. The predicted molar refractivity (Wildman–Crippen MR) is 167 cm³/mol. The molecule has 238 valence electrons. The third kappa shape index (κ3) is 14.9. The number of nitrogens with one attached hydrogen (secondary N) is 4. The Morgan fingerprint density at radius 1 is 1.21 bits per heavy atom. The standard InChI is InChI=1S/C17H23F2N5O.C5H9NO.C3H7N.2C2H6.C2H2/c1-11-20-10-13(22-11)12(4-6-17(7-8-17)16(2,18)19)23-15(25)14-5-9-21-24(14)3;7-5-3-1-2-4-6-5;1-3(2)4;3*1-2/h5,9-10,12H,4,6-8H2,1-3H3,(H,20,22)(H,23,25);1-4H2,(H,6,7);4H,1-2H3;2*1-2H3;1-2H. The van der Waals surface area contributed by atoms with E-state index < -0.39 is 17.4 Å². The largest absolute Gasteiger partial charge is 0.356 e. The summed E-state index contributed by atoms with van der Waals surface area (Å²) in [6.45, 7) is 15.2. The number of carbonyl (C=O) groups excluding carboxylic acids is 2. The van der Waals surface area contributed by atoms with Gasteiger partial charge in [0, 0.05) is 37.3 Å². The second-order valence-electron chi connectivity index (χ2n) is 9.80. The van der Waals surface area contributed by atoms with Gasteiger partial charge in [0.25, 0.3) is 11.8 Å². The smallest absolute Gasteiger partial charge is 0.270 e. The Morgan fingerprint density at radius 2 is 1.79 bits per heavy atom. The molecule has 0 bridgehead atoms. The van der Waals surface area contributed by atoms with E-state index in [0.29, 0.717) is 37.1 Å². The first-order chi connectivity index (χ1) is 19.8. The van der Waals surface area contributed by atoms with Gasteiger partial charge in [-0.2, -0.15) is 5.10 Å². The zero-order chi connectivity index (χ0) is 32.9. The summed E-state index contributed by atoms with van der Waals surface area (Å²) in [7, 11) is 1.68. The molecular formula is C31H53F2N7O2. The van der Waals surface area contributed by atoms with Crippen LogP contribution in [0.2, 0.25) is 0 Å². The van der Waals surface area contributed by atoms with Crippen LogP contribution in [0.4, 0.5) is 8.78 Å². The Balaban J connectivity index is 0. The topological polar surface area (TPSA) is 129 Å². The van der Waals surface area contributed by atoms with Crippen molar-refractivity contribution in [3.05, 3.63) is 35.7 Å². The van der Waals surface area contributed by atoms with E-state index in [4.69, 9.17) is 5.41 Å². The van der Waals surface area contributed by atoms with Gasteiger partial charge in [0.05, 0.1) is 17.9 Å². The van der Waals surface area contributed by atoms with Crippen LogP contribution < -0.4 is 10.6 Å². The van der Waals surface area contributed by atoms with Crippen LogP contribution in [0.3, 0.4) is 0 Å². The highest BCUT2D eigenvalue weighted by atomic mass is 19.3. The minimum Gasteiger partial charge on any atom is -0.356 e. The van der Waals surface area contributed by atoms with E-state index in [2.05, 4.69) is 38.5 Å². The summed E-state index contributed by atoms with van der Waals surface area (Å²) in [6.07, 6.45) is 16.0. The van der Waals surface area contributed by atoms with E-state index in [1.165, 1.54) is 4.68 Å². The Labute approximate surface area is 251 Å². The number of hydrogen-bond acceptors (Lipinski definition) is 5. The Bertz CT molecular complexity index is 1050. The van der Waals surface area contributed by atoms with Crippen molar-refractivity contribution in [3.63, 3.8) is 0 Å². The molecule has 1 atom stereocenters. The molecule has 11 heteroatoms. The van der Waals surface area contributed by atoms with Gasteiger partial charge in [0.15, 0.2) is 0 Å². The van der Waals surface area contributed by atoms with Gasteiger partial charge in [-0.15, -0.1) is 12.8 Å². The van der Waals surface area contributed by atoms with Crippen molar-refractivity contribution < 1.29 is 18.4 Å². The summed E-state index contributed by atoms with van der Waals surface area (Å²) < 4.78 is 29.2. The second kappa shape index (κ2) is 21.2. The van der Waals surface area contributed by atoms with Gasteiger partial charge in [-0.25, -0.2) is 13.8 Å². The highest BCUT2D eigenvalue weighted by Gasteiger charge is 2.58. The van der Waals surface area contributed by atoms with Crippen LogP contribution in [0.1, 0.15) is 121 Å². The molecule has 1 unspecified atom stereocenters. The van der Waals surface area contributed by atoms with Crippen molar-refractivity contribution in [3.8, 4) is 12.8 Å². The van der Waals surface area contributed by atoms with Gasteiger partial charge in [-0.3, -0.25) is 14.3 Å². The van der Waals surface area contributed by atoms with Crippen molar-refractivity contribution in [1.82, 2.24) is 30.4 Å². The third-order valence-electron chi connectivity index (χ3n) is 6.31. The number of amides is 2. The fraction of sp³-hybridized carbons (Fsp3) is 0.645. The molecule has 2 amide bonds. The zero-order valence-corrected chi connectivity index (χ0v) is 27.0. The lowest BCUT2D eigenvalue weighted by atomic mass is 9.90. The van der Waals surface area contributed by atoms with Crippen molar-refractivity contribution in [2.24, 2.45) is 12.5 Å². The van der Waals surface area contributed by atoms with Crippen molar-refractivity contribution >= 4 is 17.5 Å². The van der Waals surface area contributed by atoms with E-state index in [1.54, 1.807) is 39.4 Å². The van der Waals surface area contributed by atoms with E-state index in [-0.39, 0.29) is 11.8 Å². The summed E-state index contributed by atoms with van der Waals surface area (Å²) in [5, 5.41) is 16.2. The van der Waals surface area contributed by atoms with Crippen LogP contribution in [0.5, 0.6) is 0 Å². The van der Waals surface area contributed by atoms with E-state index in [0.717, 1.165) is 44.2 Å². The lowest BCUT2D eigenvalue weighted by molar-refractivity contribution is -0.122. The summed E-state index contributed by atoms with van der Waals surface area (Å²) in [4.78, 5) is 30.1. The molecule has 4 rings (SSSR count). The average molecular weight is 594 g/mol. The lowest BCUT2D eigenvalue weighted by Gasteiger charge is -2.25. The number of H-pyrrole nitrogens is 1. The molecule has 4 N–H and O–H groups in total. The normalized spacial score (nSPS) is 14.8. The summed E-state index contributed by atoms with van der Waals surface area (Å²) in [5.41, 5.74) is 0.879. The van der Waals surface area contributed by atoms with Crippen LogP contribution in [-0.2, 0) is 11.8 Å². The van der Waals surface area contributed by atoms with Crippen LogP contribution in [0.25, 0.3) is 0 Å². The molecule has 0 spiro atoms. The number of hydrogen-bond donors (Lipinski definition) is 4. The maximum absolute atomic E-state index is 13.8. The number of aromatic nitrogens is 4. The zero-order valence-electron chi connectivity index (χ0n) is 27.0. The molecule has 0 aromatic carbocycles. The maximum atomic E-state index is 13.8. The Kier molecular flexibility index (Phi) is 20.5. The number of rotatable bonds is 7. The number of aromatic amines is 1. The molecule has 2 aliphatic rings. The van der Waals surface area contributed by atoms with Crippen molar-refractivity contribution in [1.29, 1.82) is 5.41 Å². The third-order valence-corrected chi connectivity index (χ3v) is 6.31. The monoisotopic (exact) mass is 593 g/mol.